The summed E-state index contributed by atoms with van der Waals surface area (Å²) in [6, 6.07) is 3.28. The summed E-state index contributed by atoms with van der Waals surface area (Å²) < 4.78 is 0. The molecule has 0 radical (unpaired) electrons. The van der Waals surface area contributed by atoms with Gasteiger partial charge in [-0.25, -0.2) is 9.78 Å². The zero-order valence-electron chi connectivity index (χ0n) is 11.3. The van der Waals surface area contributed by atoms with E-state index in [1.807, 2.05) is 0 Å². The minimum absolute atomic E-state index is 0.0128. The van der Waals surface area contributed by atoms with Crippen LogP contribution in [0.5, 0.6) is 0 Å². The van der Waals surface area contributed by atoms with E-state index in [1.54, 1.807) is 19.9 Å². The van der Waals surface area contributed by atoms with Crippen molar-refractivity contribution in [2.24, 2.45) is 0 Å². The predicted octanol–water partition coefficient (Wildman–Crippen LogP) is 2.70. The molecule has 0 atom stereocenters. The normalized spacial score (nSPS) is 10.2. The average molecular weight is 306 g/mol. The van der Waals surface area contributed by atoms with Crippen molar-refractivity contribution in [3.63, 3.8) is 0 Å². The summed E-state index contributed by atoms with van der Waals surface area (Å²) in [5.74, 6) is -1.69. The molecule has 6 nitrogen and oxygen atoms in total. The molecule has 0 aliphatic carbocycles. The number of nitrogens with one attached hydrogen (secondary N) is 1. The SMILES string of the molecule is Cc1cc(C)c(NC(=O)c2cncc(Cl)n2)c(C(=O)O)c1. The van der Waals surface area contributed by atoms with E-state index in [9.17, 15) is 14.7 Å². The number of nitrogens with zero attached hydrogens (tertiary/aromatic N) is 2. The Morgan fingerprint density at radius 1 is 1.24 bits per heavy atom. The average Bonchev–Trinajstić information content (AvgIpc) is 2.41. The van der Waals surface area contributed by atoms with E-state index in [0.717, 1.165) is 5.56 Å². The van der Waals surface area contributed by atoms with Crippen LogP contribution in [0.25, 0.3) is 0 Å². The Hall–Kier alpha value is -2.47. The molecule has 0 aliphatic rings. The fourth-order valence-electron chi connectivity index (χ4n) is 1.93. The lowest BCUT2D eigenvalue weighted by atomic mass is 10.0. The number of hydrogen-bond donors (Lipinski definition) is 2. The van der Waals surface area contributed by atoms with Crippen LogP contribution >= 0.6 is 11.6 Å². The highest BCUT2D eigenvalue weighted by Crippen LogP contribution is 2.23. The molecule has 2 N–H and O–H groups in total. The molecule has 0 unspecified atom stereocenters. The minimum Gasteiger partial charge on any atom is -0.478 e. The van der Waals surface area contributed by atoms with Crippen molar-refractivity contribution in [1.29, 1.82) is 0 Å². The lowest BCUT2D eigenvalue weighted by Gasteiger charge is -2.12. The maximum Gasteiger partial charge on any atom is 0.337 e. The van der Waals surface area contributed by atoms with Gasteiger partial charge in [-0.3, -0.25) is 9.78 Å². The molecular weight excluding hydrogens is 294 g/mol. The third kappa shape index (κ3) is 3.35. The number of carbonyl (C=O) groups is 2. The second-order valence-electron chi connectivity index (χ2n) is 4.49. The molecule has 1 aromatic heterocycles. The third-order valence-electron chi connectivity index (χ3n) is 2.79. The predicted molar refractivity (Wildman–Crippen MR) is 77.9 cm³/mol. The molecular formula is C14H12ClN3O3. The molecule has 2 aromatic rings. The van der Waals surface area contributed by atoms with Crippen LogP contribution in [0.1, 0.15) is 32.0 Å². The minimum atomic E-state index is -1.12. The molecule has 21 heavy (non-hydrogen) atoms. The Bertz CT molecular complexity index is 731. The van der Waals surface area contributed by atoms with Gasteiger partial charge in [0.2, 0.25) is 0 Å². The maximum atomic E-state index is 12.1. The Morgan fingerprint density at radius 3 is 2.57 bits per heavy atom. The molecule has 0 saturated heterocycles. The van der Waals surface area contributed by atoms with Gasteiger partial charge in [0.25, 0.3) is 5.91 Å². The molecule has 0 bridgehead atoms. The standard InChI is InChI=1S/C14H12ClN3O3/c1-7-3-8(2)12(9(4-7)14(20)21)18-13(19)10-5-16-6-11(15)17-10/h3-6H,1-2H3,(H,18,19)(H,20,21). The van der Waals surface area contributed by atoms with E-state index < -0.39 is 11.9 Å². The van der Waals surface area contributed by atoms with E-state index >= 15 is 0 Å². The van der Waals surface area contributed by atoms with Crippen LogP contribution in [0.15, 0.2) is 24.5 Å². The van der Waals surface area contributed by atoms with Gasteiger partial charge < -0.3 is 10.4 Å². The number of aromatic carboxylic acids is 1. The van der Waals surface area contributed by atoms with Gasteiger partial charge in [0.05, 0.1) is 23.6 Å². The molecule has 108 valence electrons. The van der Waals surface area contributed by atoms with Gasteiger partial charge in [-0.1, -0.05) is 17.7 Å². The van der Waals surface area contributed by atoms with Crippen LogP contribution in [0, 0.1) is 13.8 Å². The monoisotopic (exact) mass is 305 g/mol. The van der Waals surface area contributed by atoms with Gasteiger partial charge in [-0.15, -0.1) is 0 Å². The van der Waals surface area contributed by atoms with E-state index in [1.165, 1.54) is 18.5 Å². The number of aromatic nitrogens is 2. The summed E-state index contributed by atoms with van der Waals surface area (Å²) in [4.78, 5) is 31.0. The summed E-state index contributed by atoms with van der Waals surface area (Å²) in [5, 5.41) is 11.9. The molecule has 1 heterocycles. The summed E-state index contributed by atoms with van der Waals surface area (Å²) in [6.45, 7) is 3.51. The Balaban J connectivity index is 2.39. The highest BCUT2D eigenvalue weighted by molar-refractivity contribution is 6.29. The van der Waals surface area contributed by atoms with E-state index in [4.69, 9.17) is 11.6 Å². The van der Waals surface area contributed by atoms with Gasteiger partial charge >= 0.3 is 5.97 Å². The Kier molecular flexibility index (Phi) is 4.18. The van der Waals surface area contributed by atoms with Gasteiger partial charge in [0, 0.05) is 0 Å². The molecule has 1 amide bonds. The van der Waals surface area contributed by atoms with Crippen molar-refractivity contribution < 1.29 is 14.7 Å². The Labute approximate surface area is 125 Å². The van der Waals surface area contributed by atoms with Crippen LogP contribution in [-0.2, 0) is 0 Å². The van der Waals surface area contributed by atoms with Crippen LogP contribution in [0.2, 0.25) is 5.15 Å². The molecule has 1 aromatic carbocycles. The van der Waals surface area contributed by atoms with Crippen LogP contribution in [0.4, 0.5) is 5.69 Å². The van der Waals surface area contributed by atoms with Gasteiger partial charge in [0.15, 0.2) is 0 Å². The van der Waals surface area contributed by atoms with Crippen molar-refractivity contribution >= 4 is 29.2 Å². The number of carbonyl (C=O) groups excluding carboxylic acids is 1. The van der Waals surface area contributed by atoms with Crippen LogP contribution in [0.3, 0.4) is 0 Å². The lowest BCUT2D eigenvalue weighted by Crippen LogP contribution is -2.17. The van der Waals surface area contributed by atoms with Crippen molar-refractivity contribution in [1.82, 2.24) is 9.97 Å². The first-order valence-corrected chi connectivity index (χ1v) is 6.39. The summed E-state index contributed by atoms with van der Waals surface area (Å²) in [5.41, 5.74) is 1.72. The van der Waals surface area contributed by atoms with Crippen molar-refractivity contribution in [2.75, 3.05) is 5.32 Å². The van der Waals surface area contributed by atoms with E-state index in [0.29, 0.717) is 5.56 Å². The number of anilines is 1. The smallest absolute Gasteiger partial charge is 0.337 e. The fourth-order valence-corrected chi connectivity index (χ4v) is 2.08. The first kappa shape index (κ1) is 14.9. The lowest BCUT2D eigenvalue weighted by molar-refractivity contribution is 0.0698. The molecule has 2 rings (SSSR count). The number of benzene rings is 1. The van der Waals surface area contributed by atoms with Crippen molar-refractivity contribution in [2.45, 2.75) is 13.8 Å². The number of carboxylic acid groups (broad SMARTS) is 1. The van der Waals surface area contributed by atoms with E-state index in [-0.39, 0.29) is 22.1 Å². The molecule has 0 spiro atoms. The van der Waals surface area contributed by atoms with Crippen LogP contribution in [-0.4, -0.2) is 27.0 Å². The second kappa shape index (κ2) is 5.88. The second-order valence-corrected chi connectivity index (χ2v) is 4.88. The zero-order chi connectivity index (χ0) is 15.6. The highest BCUT2D eigenvalue weighted by atomic mass is 35.5. The third-order valence-corrected chi connectivity index (χ3v) is 2.97. The molecule has 0 saturated carbocycles. The maximum absolute atomic E-state index is 12.1. The zero-order valence-corrected chi connectivity index (χ0v) is 12.1. The van der Waals surface area contributed by atoms with Gasteiger partial charge in [-0.2, -0.15) is 0 Å². The molecule has 7 heteroatoms. The Morgan fingerprint density at radius 2 is 1.95 bits per heavy atom. The fraction of sp³-hybridized carbons (Fsp3) is 0.143. The van der Waals surface area contributed by atoms with Gasteiger partial charge in [0.1, 0.15) is 10.8 Å². The van der Waals surface area contributed by atoms with Crippen molar-refractivity contribution in [3.8, 4) is 0 Å². The largest absolute Gasteiger partial charge is 0.478 e. The topological polar surface area (TPSA) is 92.2 Å². The van der Waals surface area contributed by atoms with Crippen molar-refractivity contribution in [3.05, 3.63) is 52.1 Å². The number of carboxylic acids is 1. The summed E-state index contributed by atoms with van der Waals surface area (Å²) in [7, 11) is 0. The molecule has 0 fully saturated rings. The summed E-state index contributed by atoms with van der Waals surface area (Å²) in [6.07, 6.45) is 2.56. The van der Waals surface area contributed by atoms with Gasteiger partial charge in [-0.05, 0) is 31.0 Å². The summed E-state index contributed by atoms with van der Waals surface area (Å²) >= 11 is 5.68. The highest BCUT2D eigenvalue weighted by Gasteiger charge is 2.17. The van der Waals surface area contributed by atoms with Crippen LogP contribution < -0.4 is 5.32 Å². The molecule has 0 aliphatic heterocycles. The number of rotatable bonds is 3. The first-order valence-electron chi connectivity index (χ1n) is 6.02. The number of halogens is 1. The van der Waals surface area contributed by atoms with E-state index in [2.05, 4.69) is 15.3 Å². The number of amides is 1. The number of aryl methyl sites for hydroxylation is 2. The first-order chi connectivity index (χ1) is 9.88. The quantitative estimate of drug-likeness (QED) is 0.909. The number of hydrogen-bond acceptors (Lipinski definition) is 4.